The third kappa shape index (κ3) is 6.82. The number of anilines is 1. The van der Waals surface area contributed by atoms with Gasteiger partial charge in [-0.2, -0.15) is 13.2 Å². The maximum absolute atomic E-state index is 13.1. The van der Waals surface area contributed by atoms with Crippen molar-refractivity contribution in [3.05, 3.63) is 46.6 Å². The number of carbonyl (C=O) groups is 2. The minimum Gasteiger partial charge on any atom is -0.466 e. The fraction of sp³-hybridized carbons (Fsp3) is 0.458. The van der Waals surface area contributed by atoms with E-state index in [1.807, 2.05) is 20.8 Å². The zero-order valence-corrected chi connectivity index (χ0v) is 20.2. The molecule has 1 saturated carbocycles. The maximum atomic E-state index is 13.1. The molecule has 0 bridgehead atoms. The van der Waals surface area contributed by atoms with Crippen molar-refractivity contribution in [1.29, 1.82) is 0 Å². The minimum atomic E-state index is -4.41. The number of hydrogen-bond donors (Lipinski definition) is 1. The lowest BCUT2D eigenvalue weighted by Crippen LogP contribution is -2.11. The van der Waals surface area contributed by atoms with Crippen LogP contribution in [0.25, 0.3) is 10.9 Å². The molecule has 34 heavy (non-hydrogen) atoms. The summed E-state index contributed by atoms with van der Waals surface area (Å²) in [5.74, 6) is 0.0197. The Balaban J connectivity index is 0.000000350. The molecule has 10 heteroatoms. The smallest absolute Gasteiger partial charge is 0.416 e. The van der Waals surface area contributed by atoms with Crippen molar-refractivity contribution in [2.24, 2.45) is 5.92 Å². The van der Waals surface area contributed by atoms with Crippen LogP contribution in [0.4, 0.5) is 18.3 Å². The molecule has 1 N–H and O–H groups in total. The Labute approximate surface area is 200 Å². The molecule has 0 spiro atoms. The second-order valence-electron chi connectivity index (χ2n) is 8.15. The van der Waals surface area contributed by atoms with Gasteiger partial charge in [-0.05, 0) is 51.2 Å². The van der Waals surface area contributed by atoms with Gasteiger partial charge < -0.3 is 9.30 Å². The van der Waals surface area contributed by atoms with E-state index in [0.29, 0.717) is 47.1 Å². The van der Waals surface area contributed by atoms with E-state index < -0.39 is 11.7 Å². The molecule has 0 atom stereocenters. The van der Waals surface area contributed by atoms with E-state index in [4.69, 9.17) is 0 Å². The van der Waals surface area contributed by atoms with E-state index in [-0.39, 0.29) is 11.9 Å². The normalized spacial score (nSPS) is 13.4. The van der Waals surface area contributed by atoms with Crippen LogP contribution in [0.5, 0.6) is 0 Å². The maximum Gasteiger partial charge on any atom is 0.416 e. The van der Waals surface area contributed by atoms with Gasteiger partial charge in [-0.3, -0.25) is 14.9 Å². The van der Waals surface area contributed by atoms with Crippen molar-refractivity contribution in [1.82, 2.24) is 9.55 Å². The molecular formula is C24H28F3N3O3S. The molecule has 1 aliphatic carbocycles. The van der Waals surface area contributed by atoms with Gasteiger partial charge in [0.25, 0.3) is 5.91 Å². The summed E-state index contributed by atoms with van der Waals surface area (Å²) in [6, 6.07) is 3.53. The minimum absolute atomic E-state index is 0.0880. The third-order valence-corrected chi connectivity index (χ3v) is 6.04. The fourth-order valence-electron chi connectivity index (χ4n) is 3.39. The molecule has 184 valence electrons. The molecule has 6 nitrogen and oxygen atoms in total. The first-order chi connectivity index (χ1) is 16.1. The predicted molar refractivity (Wildman–Crippen MR) is 126 cm³/mol. The molecule has 1 aromatic carbocycles. The van der Waals surface area contributed by atoms with E-state index in [0.717, 1.165) is 36.3 Å². The van der Waals surface area contributed by atoms with Gasteiger partial charge in [0.05, 0.1) is 17.7 Å². The summed E-state index contributed by atoms with van der Waals surface area (Å²) in [6.07, 6.45) is 2.46. The number of aryl methyl sites for hydroxylation is 1. The molecule has 1 fully saturated rings. The van der Waals surface area contributed by atoms with Crippen LogP contribution in [-0.2, 0) is 22.3 Å². The summed E-state index contributed by atoms with van der Waals surface area (Å²) in [4.78, 5) is 28.1. The first-order valence-corrected chi connectivity index (χ1v) is 12.0. The first kappa shape index (κ1) is 25.7. The Morgan fingerprint density at radius 2 is 2.00 bits per heavy atom. The largest absolute Gasteiger partial charge is 0.466 e. The number of nitrogens with zero attached hydrogens (tertiary/aromatic N) is 2. The summed E-state index contributed by atoms with van der Waals surface area (Å²) in [5, 5.41) is 3.72. The molecular weight excluding hydrogens is 467 g/mol. The second kappa shape index (κ2) is 11.0. The van der Waals surface area contributed by atoms with Gasteiger partial charge in [0.2, 0.25) is 0 Å². The third-order valence-electron chi connectivity index (χ3n) is 5.21. The van der Waals surface area contributed by atoms with Crippen LogP contribution >= 0.6 is 11.3 Å². The van der Waals surface area contributed by atoms with Gasteiger partial charge in [-0.15, -0.1) is 11.3 Å². The molecule has 0 aliphatic heterocycles. The number of ether oxygens (including phenoxy) is 1. The van der Waals surface area contributed by atoms with Crippen LogP contribution in [0.2, 0.25) is 0 Å². The summed E-state index contributed by atoms with van der Waals surface area (Å²) in [6.45, 7) is 6.78. The second-order valence-corrected chi connectivity index (χ2v) is 9.39. The van der Waals surface area contributed by atoms with Crippen LogP contribution in [-0.4, -0.2) is 28.0 Å². The fourth-order valence-corrected chi connectivity index (χ4v) is 4.05. The highest BCUT2D eigenvalue weighted by Gasteiger charge is 2.32. The number of carbonyl (C=O) groups excluding carboxylic acids is 2. The van der Waals surface area contributed by atoms with Crippen molar-refractivity contribution >= 4 is 39.2 Å². The summed E-state index contributed by atoms with van der Waals surface area (Å²) in [7, 11) is 0. The molecule has 0 radical (unpaired) electrons. The van der Waals surface area contributed by atoms with Crippen LogP contribution < -0.4 is 5.32 Å². The Morgan fingerprint density at radius 3 is 2.56 bits per heavy atom. The average Bonchev–Trinajstić information content (AvgIpc) is 3.38. The van der Waals surface area contributed by atoms with Crippen molar-refractivity contribution < 1.29 is 27.5 Å². The Hall–Kier alpha value is -2.88. The molecule has 0 unspecified atom stereocenters. The van der Waals surface area contributed by atoms with Gasteiger partial charge in [0.15, 0.2) is 5.13 Å². The van der Waals surface area contributed by atoms with Crippen molar-refractivity contribution in [3.63, 3.8) is 0 Å². The summed E-state index contributed by atoms with van der Waals surface area (Å²) < 4.78 is 45.7. The lowest BCUT2D eigenvalue weighted by atomic mass is 10.1. The number of esters is 1. The van der Waals surface area contributed by atoms with E-state index >= 15 is 0 Å². The lowest BCUT2D eigenvalue weighted by Gasteiger charge is -2.08. The molecule has 2 heterocycles. The summed E-state index contributed by atoms with van der Waals surface area (Å²) in [5.41, 5.74) is 0.0945. The summed E-state index contributed by atoms with van der Waals surface area (Å²) >= 11 is 1.35. The Bertz CT molecular complexity index is 1140. The van der Waals surface area contributed by atoms with Crippen LogP contribution in [0.1, 0.15) is 60.3 Å². The van der Waals surface area contributed by atoms with Gasteiger partial charge in [-0.1, -0.05) is 13.0 Å². The molecule has 1 aliphatic rings. The van der Waals surface area contributed by atoms with Gasteiger partial charge in [0, 0.05) is 41.1 Å². The highest BCUT2D eigenvalue weighted by molar-refractivity contribution is 7.15. The quantitative estimate of drug-likeness (QED) is 0.383. The number of aromatic nitrogens is 2. The van der Waals surface area contributed by atoms with Crippen LogP contribution in [0.3, 0.4) is 0 Å². The zero-order chi connectivity index (χ0) is 24.9. The lowest BCUT2D eigenvalue weighted by molar-refractivity contribution is -0.143. The van der Waals surface area contributed by atoms with Crippen LogP contribution in [0.15, 0.2) is 30.6 Å². The SMILES string of the molecule is CCCC(=O)OCC.Cc1cnc(NC(=O)c2cn(CC3CC3)c3cc(C(F)(F)F)ccc23)s1. The first-order valence-electron chi connectivity index (χ1n) is 11.2. The number of halogens is 3. The number of fused-ring (bicyclic) bond motifs is 1. The van der Waals surface area contributed by atoms with Gasteiger partial charge in [-0.25, -0.2) is 4.98 Å². The van der Waals surface area contributed by atoms with Crippen molar-refractivity contribution in [3.8, 4) is 0 Å². The average molecular weight is 496 g/mol. The Kier molecular flexibility index (Phi) is 8.35. The molecule has 3 aromatic rings. The van der Waals surface area contributed by atoms with Crippen molar-refractivity contribution in [2.75, 3.05) is 11.9 Å². The van der Waals surface area contributed by atoms with Crippen molar-refractivity contribution in [2.45, 2.75) is 59.2 Å². The molecule has 2 aromatic heterocycles. The number of rotatable bonds is 7. The van der Waals surface area contributed by atoms with Gasteiger partial charge >= 0.3 is 12.1 Å². The monoisotopic (exact) mass is 495 g/mol. The van der Waals surface area contributed by atoms with E-state index in [1.54, 1.807) is 17.0 Å². The number of hydrogen-bond acceptors (Lipinski definition) is 5. The predicted octanol–water partition coefficient (Wildman–Crippen LogP) is 6.44. The van der Waals surface area contributed by atoms with E-state index in [9.17, 15) is 22.8 Å². The molecule has 0 saturated heterocycles. The molecule has 4 rings (SSSR count). The highest BCUT2D eigenvalue weighted by atomic mass is 32.1. The zero-order valence-electron chi connectivity index (χ0n) is 19.4. The van der Waals surface area contributed by atoms with Crippen LogP contribution in [0, 0.1) is 12.8 Å². The highest BCUT2D eigenvalue weighted by Crippen LogP contribution is 2.36. The number of nitrogens with one attached hydrogen (secondary N) is 1. The number of amides is 1. The number of alkyl halides is 3. The standard InChI is InChI=1S/C18H16F3N3OS.C6H12O2/c1-10-7-22-17(26-10)23-16(25)14-9-24(8-11-2-3-11)15-6-12(18(19,20)21)4-5-13(14)15;1-3-5-6(7)8-4-2/h4-7,9,11H,2-3,8H2,1H3,(H,22,23,25);3-5H2,1-2H3. The van der Waals surface area contributed by atoms with E-state index in [1.165, 1.54) is 17.4 Å². The van der Waals surface area contributed by atoms with Gasteiger partial charge in [0.1, 0.15) is 0 Å². The molecule has 1 amide bonds. The number of thiazole rings is 1. The topological polar surface area (TPSA) is 73.2 Å². The number of benzene rings is 1. The Morgan fingerprint density at radius 1 is 1.26 bits per heavy atom. The van der Waals surface area contributed by atoms with E-state index in [2.05, 4.69) is 15.0 Å².